The van der Waals surface area contributed by atoms with Crippen molar-refractivity contribution in [3.8, 4) is 22.4 Å². The molecule has 2 atom stereocenters. The molecule has 226 valence electrons. The third-order valence-corrected chi connectivity index (χ3v) is 9.73. The van der Waals surface area contributed by atoms with Crippen molar-refractivity contribution in [3.05, 3.63) is 87.9 Å². The van der Waals surface area contributed by atoms with Crippen LogP contribution in [-0.4, -0.2) is 35.2 Å². The van der Waals surface area contributed by atoms with E-state index in [2.05, 4.69) is 15.5 Å². The number of esters is 1. The molecule has 1 amide bonds. The topological polar surface area (TPSA) is 104 Å². The van der Waals surface area contributed by atoms with Crippen molar-refractivity contribution >= 4 is 40.8 Å². The van der Waals surface area contributed by atoms with E-state index in [1.165, 1.54) is 7.11 Å². The minimum atomic E-state index is -0.468. The molecule has 4 saturated carbocycles. The van der Waals surface area contributed by atoms with Crippen LogP contribution in [0.15, 0.2) is 65.4 Å². The summed E-state index contributed by atoms with van der Waals surface area (Å²) in [6.45, 7) is 0.352. The van der Waals surface area contributed by atoms with E-state index < -0.39 is 5.97 Å². The molecular formula is C34H31Cl2N3O5. The molecule has 0 saturated heterocycles. The van der Waals surface area contributed by atoms with Crippen LogP contribution in [0.1, 0.15) is 59.7 Å². The number of fused-ring (bicyclic) bond motifs is 2. The average Bonchev–Trinajstić information content (AvgIpc) is 3.79. The van der Waals surface area contributed by atoms with E-state index in [0.717, 1.165) is 54.6 Å². The number of anilines is 1. The molecule has 4 aromatic rings. The highest BCUT2D eigenvalue weighted by Crippen LogP contribution is 2.52. The van der Waals surface area contributed by atoms with Gasteiger partial charge in [0.25, 0.3) is 0 Å². The first-order valence-corrected chi connectivity index (χ1v) is 15.6. The van der Waals surface area contributed by atoms with Crippen molar-refractivity contribution in [3.63, 3.8) is 0 Å². The minimum Gasteiger partial charge on any atom is -0.465 e. The molecule has 4 aliphatic carbocycles. The molecule has 2 aromatic heterocycles. The summed E-state index contributed by atoms with van der Waals surface area (Å²) in [7, 11) is 1.34. The van der Waals surface area contributed by atoms with Gasteiger partial charge in [0.15, 0.2) is 0 Å². The normalized spacial score (nSPS) is 22.2. The number of amides is 1. The van der Waals surface area contributed by atoms with Gasteiger partial charge in [0.1, 0.15) is 11.5 Å². The van der Waals surface area contributed by atoms with Crippen LogP contribution in [0.5, 0.6) is 0 Å². The predicted molar refractivity (Wildman–Crippen MR) is 166 cm³/mol. The molecule has 0 aliphatic heterocycles. The van der Waals surface area contributed by atoms with Gasteiger partial charge in [-0.1, -0.05) is 40.5 Å². The summed E-state index contributed by atoms with van der Waals surface area (Å²) in [5.74, 6) is 1.05. The molecule has 4 aliphatic rings. The fourth-order valence-corrected chi connectivity index (χ4v) is 7.38. The number of hydrogen-bond donors (Lipinski definition) is 1. The SMILES string of the molecule is COC(=O)c1cc(NC(=O)C2C3CC(OCc4c(-c5c(Cl)cccc5Cl)noc4C4CC4)CC2C3)cc(-c2cccnc2)c1. The van der Waals surface area contributed by atoms with Gasteiger partial charge in [-0.25, -0.2) is 4.79 Å². The Balaban J connectivity index is 1.03. The van der Waals surface area contributed by atoms with Gasteiger partial charge in [-0.2, -0.15) is 0 Å². The zero-order valence-corrected chi connectivity index (χ0v) is 25.6. The zero-order chi connectivity index (χ0) is 30.4. The largest absolute Gasteiger partial charge is 0.465 e. The van der Waals surface area contributed by atoms with Crippen molar-refractivity contribution in [2.75, 3.05) is 12.4 Å². The van der Waals surface area contributed by atoms with Crippen molar-refractivity contribution < 1.29 is 23.6 Å². The molecule has 2 bridgehead atoms. The average molecular weight is 633 g/mol. The number of benzene rings is 2. The van der Waals surface area contributed by atoms with Crippen LogP contribution in [0.25, 0.3) is 22.4 Å². The smallest absolute Gasteiger partial charge is 0.337 e. The van der Waals surface area contributed by atoms with Crippen LogP contribution in [0.3, 0.4) is 0 Å². The number of rotatable bonds is 9. The van der Waals surface area contributed by atoms with E-state index in [1.807, 2.05) is 24.3 Å². The Morgan fingerprint density at radius 1 is 1.00 bits per heavy atom. The zero-order valence-electron chi connectivity index (χ0n) is 24.1. The molecule has 0 radical (unpaired) electrons. The summed E-state index contributed by atoms with van der Waals surface area (Å²) < 4.78 is 17.2. The molecule has 1 N–H and O–H groups in total. The maximum Gasteiger partial charge on any atom is 0.337 e. The molecule has 2 heterocycles. The Hall–Kier alpha value is -3.72. The lowest BCUT2D eigenvalue weighted by Gasteiger charge is -2.51. The Morgan fingerprint density at radius 2 is 1.77 bits per heavy atom. The standard InChI is InChI=1S/C34H31Cl2N3O5/c1-42-34(41)23-10-20(19-4-3-9-37-16-19)12-24(13-23)38-33(40)29-21-11-22(29)15-25(14-21)43-17-26-31(39-44-32(26)18-7-8-18)30-27(35)5-2-6-28(30)36/h2-6,9-10,12-13,16,18,21-22,25,29H,7-8,11,14-15,17H2,1H3,(H,38,40). The molecular weight excluding hydrogens is 601 g/mol. The Morgan fingerprint density at radius 3 is 2.45 bits per heavy atom. The molecule has 2 unspecified atom stereocenters. The summed E-state index contributed by atoms with van der Waals surface area (Å²) in [5.41, 5.74) is 4.74. The first-order valence-electron chi connectivity index (χ1n) is 14.9. The van der Waals surface area contributed by atoms with E-state index in [1.54, 1.807) is 36.7 Å². The van der Waals surface area contributed by atoms with Gasteiger partial charge in [-0.3, -0.25) is 9.78 Å². The van der Waals surface area contributed by atoms with Gasteiger partial charge in [-0.15, -0.1) is 0 Å². The third kappa shape index (κ3) is 5.62. The molecule has 4 fully saturated rings. The lowest BCUT2D eigenvalue weighted by Crippen LogP contribution is -2.51. The van der Waals surface area contributed by atoms with Crippen LogP contribution in [-0.2, 0) is 20.9 Å². The van der Waals surface area contributed by atoms with E-state index in [0.29, 0.717) is 45.1 Å². The minimum absolute atomic E-state index is 0.0270. The second-order valence-corrected chi connectivity index (χ2v) is 12.8. The number of carbonyl (C=O) groups is 2. The molecule has 8 nitrogen and oxygen atoms in total. The number of halogens is 2. The van der Waals surface area contributed by atoms with Gasteiger partial charge in [0.2, 0.25) is 5.91 Å². The number of ether oxygens (including phenoxy) is 2. The van der Waals surface area contributed by atoms with Crippen LogP contribution >= 0.6 is 23.2 Å². The molecule has 0 spiro atoms. The third-order valence-electron chi connectivity index (χ3n) is 9.10. The Labute approximate surface area is 265 Å². The van der Waals surface area contributed by atoms with Crippen molar-refractivity contribution in [2.45, 2.75) is 50.7 Å². The second kappa shape index (κ2) is 12.0. The maximum absolute atomic E-state index is 13.5. The van der Waals surface area contributed by atoms with Crippen molar-refractivity contribution in [2.24, 2.45) is 17.8 Å². The number of pyridine rings is 1. The van der Waals surface area contributed by atoms with E-state index >= 15 is 0 Å². The number of hydrogen-bond acceptors (Lipinski definition) is 7. The van der Waals surface area contributed by atoms with Gasteiger partial charge >= 0.3 is 5.97 Å². The van der Waals surface area contributed by atoms with E-state index in [4.69, 9.17) is 37.2 Å². The first-order chi connectivity index (χ1) is 21.4. The summed E-state index contributed by atoms with van der Waals surface area (Å²) in [6, 6.07) is 14.4. The summed E-state index contributed by atoms with van der Waals surface area (Å²) in [4.78, 5) is 30.1. The highest BCUT2D eigenvalue weighted by molar-refractivity contribution is 6.39. The molecule has 2 aromatic carbocycles. The van der Waals surface area contributed by atoms with Gasteiger partial charge in [-0.05, 0) is 85.9 Å². The number of nitrogens with one attached hydrogen (secondary N) is 1. The summed E-state index contributed by atoms with van der Waals surface area (Å²) in [5, 5.41) is 8.49. The number of nitrogens with zero attached hydrogens (tertiary/aromatic N) is 2. The maximum atomic E-state index is 13.5. The van der Waals surface area contributed by atoms with Gasteiger partial charge in [0, 0.05) is 46.6 Å². The molecule has 10 heteroatoms. The van der Waals surface area contributed by atoms with Crippen LogP contribution < -0.4 is 5.32 Å². The second-order valence-electron chi connectivity index (χ2n) is 12.0. The highest BCUT2D eigenvalue weighted by atomic mass is 35.5. The molecule has 44 heavy (non-hydrogen) atoms. The van der Waals surface area contributed by atoms with Crippen molar-refractivity contribution in [1.29, 1.82) is 0 Å². The van der Waals surface area contributed by atoms with E-state index in [9.17, 15) is 9.59 Å². The fourth-order valence-electron chi connectivity index (χ4n) is 6.80. The highest BCUT2D eigenvalue weighted by Gasteiger charge is 2.51. The van der Waals surface area contributed by atoms with Crippen molar-refractivity contribution in [1.82, 2.24) is 10.1 Å². The quantitative estimate of drug-likeness (QED) is 0.187. The van der Waals surface area contributed by atoms with E-state index in [-0.39, 0.29) is 29.8 Å². The summed E-state index contributed by atoms with van der Waals surface area (Å²) >= 11 is 13.0. The van der Waals surface area contributed by atoms with Gasteiger partial charge in [0.05, 0.1) is 35.4 Å². The predicted octanol–water partition coefficient (Wildman–Crippen LogP) is 7.94. The lowest BCUT2D eigenvalue weighted by molar-refractivity contribution is -0.142. The Kier molecular flexibility index (Phi) is 7.91. The van der Waals surface area contributed by atoms with Crippen LogP contribution in [0.4, 0.5) is 5.69 Å². The van der Waals surface area contributed by atoms with Crippen LogP contribution in [0, 0.1) is 17.8 Å². The number of aromatic nitrogens is 2. The number of methoxy groups -OCH3 is 1. The first kappa shape index (κ1) is 29.0. The molecule has 8 rings (SSSR count). The lowest BCUT2D eigenvalue weighted by atomic mass is 9.56. The van der Waals surface area contributed by atoms with Gasteiger partial charge < -0.3 is 19.3 Å². The number of carbonyl (C=O) groups excluding carboxylic acids is 2. The van der Waals surface area contributed by atoms with Crippen LogP contribution in [0.2, 0.25) is 10.0 Å². The fraction of sp³-hybridized carbons (Fsp3) is 0.353. The Bertz CT molecular complexity index is 1690. The monoisotopic (exact) mass is 631 g/mol. The summed E-state index contributed by atoms with van der Waals surface area (Å²) in [6.07, 6.45) is 8.16.